The molecule has 1 atom stereocenters. The molecule has 4 rings (SSSR count). The fourth-order valence-electron chi connectivity index (χ4n) is 3.89. The van der Waals surface area contributed by atoms with Gasteiger partial charge in [-0.25, -0.2) is 0 Å². The highest BCUT2D eigenvalue weighted by atomic mass is 16.2. The standard InChI is InChI=1S/C20H23N3O4/c1-20(2,3)11-9-22(10-11)12-4-5-13-14(8-12)19(27)23(18(13)26)15-6-7-16(24)21-17(15)25/h4-5,8,11,15H,6-7,9-10H2,1-3H3,(H,21,24,25). The monoisotopic (exact) mass is 369 g/mol. The van der Waals surface area contributed by atoms with E-state index in [4.69, 9.17) is 0 Å². The number of benzene rings is 1. The van der Waals surface area contributed by atoms with Crippen LogP contribution in [0.2, 0.25) is 0 Å². The van der Waals surface area contributed by atoms with Crippen molar-refractivity contribution in [1.29, 1.82) is 0 Å². The van der Waals surface area contributed by atoms with Gasteiger partial charge in [0.25, 0.3) is 11.8 Å². The van der Waals surface area contributed by atoms with Crippen molar-refractivity contribution in [3.05, 3.63) is 29.3 Å². The van der Waals surface area contributed by atoms with Crippen molar-refractivity contribution >= 4 is 29.3 Å². The molecule has 2 saturated heterocycles. The summed E-state index contributed by atoms with van der Waals surface area (Å²) in [6.45, 7) is 8.50. The van der Waals surface area contributed by atoms with E-state index in [1.54, 1.807) is 12.1 Å². The molecule has 1 aromatic rings. The summed E-state index contributed by atoms with van der Waals surface area (Å²) in [7, 11) is 0. The Morgan fingerprint density at radius 3 is 2.30 bits per heavy atom. The molecule has 7 heteroatoms. The van der Waals surface area contributed by atoms with E-state index in [-0.39, 0.29) is 24.2 Å². The molecule has 1 unspecified atom stereocenters. The highest BCUT2D eigenvalue weighted by molar-refractivity contribution is 6.23. The minimum Gasteiger partial charge on any atom is -0.371 e. The molecule has 1 N–H and O–H groups in total. The van der Waals surface area contributed by atoms with Crippen molar-refractivity contribution in [2.75, 3.05) is 18.0 Å². The summed E-state index contributed by atoms with van der Waals surface area (Å²) < 4.78 is 0. The van der Waals surface area contributed by atoms with Crippen LogP contribution in [0.25, 0.3) is 0 Å². The summed E-state index contributed by atoms with van der Waals surface area (Å²) >= 11 is 0. The van der Waals surface area contributed by atoms with Crippen LogP contribution in [0.3, 0.4) is 0 Å². The van der Waals surface area contributed by atoms with Crippen LogP contribution in [-0.2, 0) is 9.59 Å². The molecule has 0 aromatic heterocycles. The van der Waals surface area contributed by atoms with Crippen molar-refractivity contribution in [2.24, 2.45) is 11.3 Å². The van der Waals surface area contributed by atoms with Crippen LogP contribution in [0.15, 0.2) is 18.2 Å². The number of amides is 4. The number of nitrogens with one attached hydrogen (secondary N) is 1. The van der Waals surface area contributed by atoms with E-state index in [0.29, 0.717) is 17.0 Å². The first-order valence-corrected chi connectivity index (χ1v) is 9.27. The van der Waals surface area contributed by atoms with E-state index in [1.807, 2.05) is 6.07 Å². The summed E-state index contributed by atoms with van der Waals surface area (Å²) in [5.74, 6) is -1.30. The molecule has 142 valence electrons. The smallest absolute Gasteiger partial charge is 0.262 e. The number of nitrogens with zero attached hydrogens (tertiary/aromatic N) is 2. The summed E-state index contributed by atoms with van der Waals surface area (Å²) in [5.41, 5.74) is 1.81. The van der Waals surface area contributed by atoms with Crippen LogP contribution in [0, 0.1) is 11.3 Å². The molecular weight excluding hydrogens is 346 g/mol. The van der Waals surface area contributed by atoms with Gasteiger partial charge in [0.05, 0.1) is 11.1 Å². The topological polar surface area (TPSA) is 86.8 Å². The quantitative estimate of drug-likeness (QED) is 0.800. The molecule has 27 heavy (non-hydrogen) atoms. The Morgan fingerprint density at radius 2 is 1.67 bits per heavy atom. The van der Waals surface area contributed by atoms with Crippen molar-refractivity contribution < 1.29 is 19.2 Å². The van der Waals surface area contributed by atoms with Crippen LogP contribution in [0.5, 0.6) is 0 Å². The molecule has 3 aliphatic heterocycles. The summed E-state index contributed by atoms with van der Waals surface area (Å²) in [4.78, 5) is 52.2. The Bertz CT molecular complexity index is 864. The summed E-state index contributed by atoms with van der Waals surface area (Å²) in [5, 5.41) is 2.21. The van der Waals surface area contributed by atoms with Crippen molar-refractivity contribution in [2.45, 2.75) is 39.7 Å². The molecule has 1 aromatic carbocycles. The van der Waals surface area contributed by atoms with E-state index in [9.17, 15) is 19.2 Å². The van der Waals surface area contributed by atoms with Crippen LogP contribution >= 0.6 is 0 Å². The lowest BCUT2D eigenvalue weighted by Crippen LogP contribution is -2.54. The predicted molar refractivity (Wildman–Crippen MR) is 98.3 cm³/mol. The number of fused-ring (bicyclic) bond motifs is 1. The average Bonchev–Trinajstić information content (AvgIpc) is 2.77. The highest BCUT2D eigenvalue weighted by Gasteiger charge is 2.45. The van der Waals surface area contributed by atoms with Gasteiger partial charge in [-0.3, -0.25) is 29.4 Å². The van der Waals surface area contributed by atoms with Gasteiger partial charge in [-0.15, -0.1) is 0 Å². The van der Waals surface area contributed by atoms with Gasteiger partial charge in [-0.1, -0.05) is 20.8 Å². The second-order valence-electron chi connectivity index (χ2n) is 8.65. The lowest BCUT2D eigenvalue weighted by molar-refractivity contribution is -0.136. The van der Waals surface area contributed by atoms with Crippen molar-refractivity contribution in [1.82, 2.24) is 10.2 Å². The van der Waals surface area contributed by atoms with Crippen molar-refractivity contribution in [3.63, 3.8) is 0 Å². The number of anilines is 1. The molecule has 4 amide bonds. The maximum Gasteiger partial charge on any atom is 0.262 e. The fraction of sp³-hybridized carbons (Fsp3) is 0.500. The molecule has 0 aliphatic carbocycles. The van der Waals surface area contributed by atoms with Gasteiger partial charge in [-0.05, 0) is 36.0 Å². The molecule has 0 bridgehead atoms. The van der Waals surface area contributed by atoms with Gasteiger partial charge in [0, 0.05) is 25.2 Å². The minimum absolute atomic E-state index is 0.122. The lowest BCUT2D eigenvalue weighted by atomic mass is 9.76. The molecule has 3 aliphatic rings. The van der Waals surface area contributed by atoms with Gasteiger partial charge in [0.2, 0.25) is 11.8 Å². The van der Waals surface area contributed by atoms with E-state index < -0.39 is 23.8 Å². The van der Waals surface area contributed by atoms with Gasteiger partial charge in [0.15, 0.2) is 0 Å². The van der Waals surface area contributed by atoms with E-state index in [2.05, 4.69) is 31.0 Å². The SMILES string of the molecule is CC(C)(C)C1CN(c2ccc3c(c2)C(=O)N(C2CCC(=O)NC2=O)C3=O)C1. The van der Waals surface area contributed by atoms with Crippen LogP contribution in [0.1, 0.15) is 54.3 Å². The normalized spacial score (nSPS) is 23.4. The molecule has 0 spiro atoms. The lowest BCUT2D eigenvalue weighted by Gasteiger charge is -2.47. The zero-order chi connectivity index (χ0) is 19.5. The molecule has 7 nitrogen and oxygen atoms in total. The Kier molecular flexibility index (Phi) is 3.87. The zero-order valence-corrected chi connectivity index (χ0v) is 15.7. The molecule has 0 saturated carbocycles. The fourth-order valence-corrected chi connectivity index (χ4v) is 3.89. The van der Waals surface area contributed by atoms with Crippen LogP contribution in [-0.4, -0.2) is 47.7 Å². The van der Waals surface area contributed by atoms with Crippen LogP contribution in [0.4, 0.5) is 5.69 Å². The average molecular weight is 369 g/mol. The largest absolute Gasteiger partial charge is 0.371 e. The van der Waals surface area contributed by atoms with Gasteiger partial charge < -0.3 is 4.90 Å². The van der Waals surface area contributed by atoms with Crippen LogP contribution < -0.4 is 10.2 Å². The number of carbonyl (C=O) groups excluding carboxylic acids is 4. The number of rotatable bonds is 2. The third-order valence-electron chi connectivity index (χ3n) is 5.89. The van der Waals surface area contributed by atoms with E-state index in [0.717, 1.165) is 23.7 Å². The van der Waals surface area contributed by atoms with E-state index >= 15 is 0 Å². The Labute approximate surface area is 157 Å². The van der Waals surface area contributed by atoms with Gasteiger partial charge in [0.1, 0.15) is 6.04 Å². The Hall–Kier alpha value is -2.70. The number of carbonyl (C=O) groups is 4. The zero-order valence-electron chi connectivity index (χ0n) is 15.7. The first kappa shape index (κ1) is 17.7. The third kappa shape index (κ3) is 2.81. The first-order valence-electron chi connectivity index (χ1n) is 9.27. The second-order valence-corrected chi connectivity index (χ2v) is 8.65. The van der Waals surface area contributed by atoms with Gasteiger partial charge >= 0.3 is 0 Å². The van der Waals surface area contributed by atoms with Crippen molar-refractivity contribution in [3.8, 4) is 0 Å². The molecule has 0 radical (unpaired) electrons. The Morgan fingerprint density at radius 1 is 1.00 bits per heavy atom. The number of hydrogen-bond donors (Lipinski definition) is 1. The summed E-state index contributed by atoms with van der Waals surface area (Å²) in [6, 6.07) is 4.35. The second kappa shape index (κ2) is 5.90. The third-order valence-corrected chi connectivity index (χ3v) is 5.89. The number of hydrogen-bond acceptors (Lipinski definition) is 5. The first-order chi connectivity index (χ1) is 12.7. The number of piperidine rings is 1. The Balaban J connectivity index is 1.56. The van der Waals surface area contributed by atoms with Gasteiger partial charge in [-0.2, -0.15) is 0 Å². The minimum atomic E-state index is -0.923. The molecule has 3 heterocycles. The highest BCUT2D eigenvalue weighted by Crippen LogP contribution is 2.38. The molecule has 2 fully saturated rings. The summed E-state index contributed by atoms with van der Waals surface area (Å²) in [6.07, 6.45) is 0.291. The molecular formula is C20H23N3O4. The predicted octanol–water partition coefficient (Wildman–Crippen LogP) is 1.57. The maximum absolute atomic E-state index is 12.9. The maximum atomic E-state index is 12.9. The van der Waals surface area contributed by atoms with E-state index in [1.165, 1.54) is 0 Å². The number of imide groups is 2.